The van der Waals surface area contributed by atoms with E-state index in [0.29, 0.717) is 24.5 Å². The molecule has 0 spiro atoms. The maximum Gasteiger partial charge on any atom is 0.221 e. The van der Waals surface area contributed by atoms with E-state index in [1.54, 1.807) is 14.2 Å². The third-order valence-corrected chi connectivity index (χ3v) is 3.22. The molecule has 5 nitrogen and oxygen atoms in total. The normalized spacial score (nSPS) is 11.8. The molecule has 0 saturated carbocycles. The minimum Gasteiger partial charge on any atom is -0.493 e. The van der Waals surface area contributed by atoms with Gasteiger partial charge in [0.05, 0.1) is 20.3 Å². The second-order valence-electron chi connectivity index (χ2n) is 4.71. The molecule has 0 heterocycles. The van der Waals surface area contributed by atoms with Crippen molar-refractivity contribution in [1.82, 2.24) is 10.6 Å². The van der Waals surface area contributed by atoms with E-state index >= 15 is 0 Å². The molecule has 0 saturated heterocycles. The van der Waals surface area contributed by atoms with E-state index in [1.807, 2.05) is 33.0 Å². The Labute approximate surface area is 120 Å². The van der Waals surface area contributed by atoms with Gasteiger partial charge in [-0.15, -0.1) is 0 Å². The Hall–Kier alpha value is -1.75. The van der Waals surface area contributed by atoms with Gasteiger partial charge in [-0.25, -0.2) is 0 Å². The van der Waals surface area contributed by atoms with Crippen LogP contribution in [0.4, 0.5) is 0 Å². The van der Waals surface area contributed by atoms with E-state index in [0.717, 1.165) is 11.1 Å². The van der Waals surface area contributed by atoms with Gasteiger partial charge in [-0.1, -0.05) is 0 Å². The molecule has 20 heavy (non-hydrogen) atoms. The summed E-state index contributed by atoms with van der Waals surface area (Å²) in [5.41, 5.74) is 2.09. The second kappa shape index (κ2) is 7.75. The van der Waals surface area contributed by atoms with E-state index < -0.39 is 0 Å². The molecule has 2 N–H and O–H groups in total. The molecule has 0 bridgehead atoms. The lowest BCUT2D eigenvalue weighted by atomic mass is 10.0. The Morgan fingerprint density at radius 2 is 1.85 bits per heavy atom. The van der Waals surface area contributed by atoms with Crippen molar-refractivity contribution in [1.29, 1.82) is 0 Å². The van der Waals surface area contributed by atoms with Gasteiger partial charge in [0.25, 0.3) is 0 Å². The van der Waals surface area contributed by atoms with Gasteiger partial charge in [0, 0.05) is 13.0 Å². The Balaban J connectivity index is 2.87. The molecule has 0 aliphatic carbocycles. The van der Waals surface area contributed by atoms with Crippen LogP contribution in [-0.4, -0.2) is 33.7 Å². The Bertz CT molecular complexity index is 461. The van der Waals surface area contributed by atoms with Crippen molar-refractivity contribution < 1.29 is 14.3 Å². The Morgan fingerprint density at radius 3 is 2.40 bits per heavy atom. The number of ether oxygens (including phenoxy) is 2. The third-order valence-electron chi connectivity index (χ3n) is 3.22. The average molecular weight is 280 g/mol. The first-order chi connectivity index (χ1) is 9.53. The van der Waals surface area contributed by atoms with Gasteiger partial charge in [-0.3, -0.25) is 4.79 Å². The molecule has 1 aromatic carbocycles. The van der Waals surface area contributed by atoms with Gasteiger partial charge in [-0.2, -0.15) is 0 Å². The van der Waals surface area contributed by atoms with E-state index in [2.05, 4.69) is 10.6 Å². The highest BCUT2D eigenvalue weighted by molar-refractivity contribution is 5.76. The summed E-state index contributed by atoms with van der Waals surface area (Å²) in [5.74, 6) is 1.40. The standard InChI is InChI=1S/C15H24N2O3/c1-10-8-13(19-4)14(20-5)9-12(10)11(2)17-15(18)6-7-16-3/h8-9,11,16H,6-7H2,1-5H3,(H,17,18). The molecule has 1 unspecified atom stereocenters. The van der Waals surface area contributed by atoms with Crippen molar-refractivity contribution in [2.75, 3.05) is 27.8 Å². The zero-order valence-corrected chi connectivity index (χ0v) is 12.9. The van der Waals surface area contributed by atoms with E-state index in [4.69, 9.17) is 9.47 Å². The summed E-state index contributed by atoms with van der Waals surface area (Å²) in [6.07, 6.45) is 0.465. The van der Waals surface area contributed by atoms with Crippen molar-refractivity contribution in [3.63, 3.8) is 0 Å². The fourth-order valence-corrected chi connectivity index (χ4v) is 2.09. The smallest absolute Gasteiger partial charge is 0.221 e. The third kappa shape index (κ3) is 4.13. The first-order valence-electron chi connectivity index (χ1n) is 6.70. The molecule has 5 heteroatoms. The van der Waals surface area contributed by atoms with Crippen LogP contribution in [0.2, 0.25) is 0 Å². The van der Waals surface area contributed by atoms with Crippen molar-refractivity contribution in [2.45, 2.75) is 26.3 Å². The number of hydrogen-bond acceptors (Lipinski definition) is 4. The zero-order chi connectivity index (χ0) is 15.1. The quantitative estimate of drug-likeness (QED) is 0.799. The van der Waals surface area contributed by atoms with Crippen LogP contribution in [0.15, 0.2) is 12.1 Å². The maximum absolute atomic E-state index is 11.8. The average Bonchev–Trinajstić information content (AvgIpc) is 2.44. The number of rotatable bonds is 7. The predicted molar refractivity (Wildman–Crippen MR) is 79.4 cm³/mol. The number of benzene rings is 1. The van der Waals surface area contributed by atoms with Crippen LogP contribution in [0.1, 0.15) is 30.5 Å². The fourth-order valence-electron chi connectivity index (χ4n) is 2.09. The maximum atomic E-state index is 11.8. The minimum atomic E-state index is -0.0702. The number of aryl methyl sites for hydroxylation is 1. The highest BCUT2D eigenvalue weighted by atomic mass is 16.5. The van der Waals surface area contributed by atoms with Gasteiger partial charge in [0.2, 0.25) is 5.91 Å². The fraction of sp³-hybridized carbons (Fsp3) is 0.533. The topological polar surface area (TPSA) is 59.6 Å². The number of nitrogens with one attached hydrogen (secondary N) is 2. The minimum absolute atomic E-state index is 0.0287. The van der Waals surface area contributed by atoms with Crippen LogP contribution in [0.5, 0.6) is 11.5 Å². The Kier molecular flexibility index (Phi) is 6.31. The summed E-state index contributed by atoms with van der Waals surface area (Å²) in [6.45, 7) is 4.63. The van der Waals surface area contributed by atoms with Crippen LogP contribution in [0.3, 0.4) is 0 Å². The van der Waals surface area contributed by atoms with Crippen LogP contribution in [-0.2, 0) is 4.79 Å². The molecule has 1 rings (SSSR count). The summed E-state index contributed by atoms with van der Waals surface area (Å²) < 4.78 is 10.6. The van der Waals surface area contributed by atoms with Gasteiger partial charge in [0.1, 0.15) is 0 Å². The summed E-state index contributed by atoms with van der Waals surface area (Å²) in [6, 6.07) is 3.76. The predicted octanol–water partition coefficient (Wildman–Crippen LogP) is 1.80. The van der Waals surface area contributed by atoms with Crippen molar-refractivity contribution in [2.24, 2.45) is 0 Å². The molecular formula is C15H24N2O3. The number of carbonyl (C=O) groups is 1. The summed E-state index contributed by atoms with van der Waals surface area (Å²) in [4.78, 5) is 11.8. The van der Waals surface area contributed by atoms with Crippen molar-refractivity contribution in [3.8, 4) is 11.5 Å². The highest BCUT2D eigenvalue weighted by Gasteiger charge is 2.15. The Morgan fingerprint density at radius 1 is 1.25 bits per heavy atom. The lowest BCUT2D eigenvalue weighted by Gasteiger charge is -2.19. The molecule has 0 aliphatic heterocycles. The molecular weight excluding hydrogens is 256 g/mol. The van der Waals surface area contributed by atoms with E-state index in [1.165, 1.54) is 0 Å². The molecule has 0 aromatic heterocycles. The molecule has 0 aliphatic rings. The van der Waals surface area contributed by atoms with Gasteiger partial charge >= 0.3 is 0 Å². The molecule has 112 valence electrons. The number of hydrogen-bond donors (Lipinski definition) is 2. The molecule has 1 aromatic rings. The molecule has 0 fully saturated rings. The molecule has 1 atom stereocenters. The molecule has 0 radical (unpaired) electrons. The summed E-state index contributed by atoms with van der Waals surface area (Å²) >= 11 is 0. The zero-order valence-electron chi connectivity index (χ0n) is 12.9. The highest BCUT2D eigenvalue weighted by Crippen LogP contribution is 2.32. The summed E-state index contributed by atoms with van der Waals surface area (Å²) in [5, 5.41) is 5.94. The second-order valence-corrected chi connectivity index (χ2v) is 4.71. The first kappa shape index (κ1) is 16.3. The van der Waals surface area contributed by atoms with E-state index in [9.17, 15) is 4.79 Å². The van der Waals surface area contributed by atoms with E-state index in [-0.39, 0.29) is 11.9 Å². The number of methoxy groups -OCH3 is 2. The number of carbonyl (C=O) groups excluding carboxylic acids is 1. The van der Waals surface area contributed by atoms with Crippen LogP contribution in [0, 0.1) is 6.92 Å². The SMILES string of the molecule is CNCCC(=O)NC(C)c1cc(OC)c(OC)cc1C. The summed E-state index contributed by atoms with van der Waals surface area (Å²) in [7, 11) is 5.04. The van der Waals surface area contributed by atoms with Crippen LogP contribution >= 0.6 is 0 Å². The van der Waals surface area contributed by atoms with Gasteiger partial charge in [0.15, 0.2) is 11.5 Å². The van der Waals surface area contributed by atoms with Crippen LogP contribution < -0.4 is 20.1 Å². The lowest BCUT2D eigenvalue weighted by Crippen LogP contribution is -2.29. The van der Waals surface area contributed by atoms with Crippen LogP contribution in [0.25, 0.3) is 0 Å². The largest absolute Gasteiger partial charge is 0.493 e. The lowest BCUT2D eigenvalue weighted by molar-refractivity contribution is -0.121. The van der Waals surface area contributed by atoms with Crippen molar-refractivity contribution >= 4 is 5.91 Å². The van der Waals surface area contributed by atoms with Gasteiger partial charge in [-0.05, 0) is 44.2 Å². The number of amides is 1. The molecule has 1 amide bonds. The van der Waals surface area contributed by atoms with Crippen molar-refractivity contribution in [3.05, 3.63) is 23.3 Å². The monoisotopic (exact) mass is 280 g/mol. The first-order valence-corrected chi connectivity index (χ1v) is 6.70. The van der Waals surface area contributed by atoms with Gasteiger partial charge < -0.3 is 20.1 Å².